The van der Waals surface area contributed by atoms with Gasteiger partial charge in [-0.05, 0) is 36.4 Å². The molecule has 3 aromatic rings. The lowest BCUT2D eigenvalue weighted by molar-refractivity contribution is 0.0947. The van der Waals surface area contributed by atoms with Gasteiger partial charge in [0.25, 0.3) is 11.8 Å². The molecule has 2 aromatic carbocycles. The van der Waals surface area contributed by atoms with Crippen LogP contribution in [0.15, 0.2) is 89.1 Å². The predicted molar refractivity (Wildman–Crippen MR) is 114 cm³/mol. The lowest BCUT2D eigenvalue weighted by atomic mass is 10.2. The van der Waals surface area contributed by atoms with Crippen LogP contribution in [-0.2, 0) is 0 Å². The zero-order chi connectivity index (χ0) is 21.3. The first-order chi connectivity index (χ1) is 14.5. The molecule has 0 aliphatic rings. The van der Waals surface area contributed by atoms with Gasteiger partial charge in [-0.25, -0.2) is 15.8 Å². The number of hydrogen-bond donors (Lipinski definition) is 4. The van der Waals surface area contributed by atoms with E-state index >= 15 is 0 Å². The van der Waals surface area contributed by atoms with Crippen molar-refractivity contribution in [2.24, 2.45) is 21.7 Å². The molecule has 0 spiro atoms. The van der Waals surface area contributed by atoms with Crippen LogP contribution in [0.5, 0.6) is 0 Å². The Morgan fingerprint density at radius 1 is 0.633 bits per heavy atom. The minimum Gasteiger partial charge on any atom is -0.380 e. The maximum absolute atomic E-state index is 12.0. The Bertz CT molecular complexity index is 1010. The van der Waals surface area contributed by atoms with Gasteiger partial charge in [0.1, 0.15) is 11.4 Å². The third-order valence-electron chi connectivity index (χ3n) is 3.90. The second kappa shape index (κ2) is 9.60. The second-order valence-electron chi connectivity index (χ2n) is 6.02. The molecule has 1 aromatic heterocycles. The quantitative estimate of drug-likeness (QED) is 0.278. The number of carbonyl (C=O) groups excluding carboxylic acids is 2. The summed E-state index contributed by atoms with van der Waals surface area (Å²) < 4.78 is 0. The Hall–Kier alpha value is -4.53. The van der Waals surface area contributed by atoms with Crippen molar-refractivity contribution in [3.05, 3.63) is 101 Å². The van der Waals surface area contributed by atoms with E-state index in [2.05, 4.69) is 26.0 Å². The summed E-state index contributed by atoms with van der Waals surface area (Å²) in [6.07, 6.45) is 0. The molecule has 0 aliphatic heterocycles. The normalized spacial score (nSPS) is 11.6. The Balaban J connectivity index is 1.68. The molecule has 0 atom stereocenters. The van der Waals surface area contributed by atoms with Crippen LogP contribution >= 0.6 is 0 Å². The number of nitrogens with two attached hydrogens (primary N) is 2. The molecule has 0 aliphatic carbocycles. The van der Waals surface area contributed by atoms with Crippen LogP contribution in [-0.4, -0.2) is 28.5 Å². The number of carbonyl (C=O) groups is 2. The molecule has 30 heavy (non-hydrogen) atoms. The summed E-state index contributed by atoms with van der Waals surface area (Å²) in [5.74, 6) is -0.830. The van der Waals surface area contributed by atoms with E-state index in [1.165, 1.54) is 0 Å². The maximum atomic E-state index is 12.0. The minimum atomic E-state index is -0.403. The molecule has 3 rings (SSSR count). The number of nitrogens with one attached hydrogen (secondary N) is 2. The fourth-order valence-electron chi connectivity index (χ4n) is 2.36. The van der Waals surface area contributed by atoms with E-state index in [0.717, 1.165) is 0 Å². The number of pyridine rings is 1. The lowest BCUT2D eigenvalue weighted by Gasteiger charge is -2.05. The van der Waals surface area contributed by atoms with Gasteiger partial charge in [-0.15, -0.1) is 0 Å². The molecule has 0 bridgehead atoms. The summed E-state index contributed by atoms with van der Waals surface area (Å²) in [6.45, 7) is 0. The Morgan fingerprint density at radius 2 is 1.03 bits per heavy atom. The Kier molecular flexibility index (Phi) is 6.47. The first kappa shape index (κ1) is 20.2. The molecule has 0 radical (unpaired) electrons. The highest BCUT2D eigenvalue weighted by molar-refractivity contribution is 6.01. The van der Waals surface area contributed by atoms with E-state index < -0.39 is 11.8 Å². The summed E-state index contributed by atoms with van der Waals surface area (Å²) in [4.78, 5) is 28.4. The number of aromatic nitrogens is 1. The van der Waals surface area contributed by atoms with Crippen molar-refractivity contribution in [3.63, 3.8) is 0 Å². The third kappa shape index (κ3) is 5.26. The topological polar surface area (TPSA) is 148 Å². The van der Waals surface area contributed by atoms with Crippen molar-refractivity contribution in [1.82, 2.24) is 15.8 Å². The van der Waals surface area contributed by atoms with E-state index in [4.69, 9.17) is 11.5 Å². The average Bonchev–Trinajstić information content (AvgIpc) is 2.81. The number of benzene rings is 2. The molecule has 6 N–H and O–H groups in total. The lowest BCUT2D eigenvalue weighted by Crippen LogP contribution is -2.27. The molecule has 150 valence electrons. The predicted octanol–water partition coefficient (Wildman–Crippen LogP) is 1.18. The highest BCUT2D eigenvalue weighted by Crippen LogP contribution is 2.02. The van der Waals surface area contributed by atoms with Crippen molar-refractivity contribution in [2.45, 2.75) is 0 Å². The highest BCUT2D eigenvalue weighted by Gasteiger charge is 2.09. The van der Waals surface area contributed by atoms with Crippen molar-refractivity contribution in [2.75, 3.05) is 0 Å². The van der Waals surface area contributed by atoms with Crippen LogP contribution in [0.1, 0.15) is 32.1 Å². The molecular formula is C21H19N7O2. The van der Waals surface area contributed by atoms with Gasteiger partial charge >= 0.3 is 0 Å². The van der Waals surface area contributed by atoms with Crippen molar-refractivity contribution >= 4 is 23.5 Å². The monoisotopic (exact) mass is 401 g/mol. The molecule has 0 saturated carbocycles. The van der Waals surface area contributed by atoms with E-state index in [0.29, 0.717) is 11.1 Å². The van der Waals surface area contributed by atoms with Gasteiger partial charge in [-0.3, -0.25) is 9.59 Å². The Morgan fingerprint density at radius 3 is 1.43 bits per heavy atom. The summed E-state index contributed by atoms with van der Waals surface area (Å²) in [6, 6.07) is 22.0. The number of nitrogens with zero attached hydrogens (tertiary/aromatic N) is 3. The summed E-state index contributed by atoms with van der Waals surface area (Å²) in [5, 5.41) is 7.73. The van der Waals surface area contributed by atoms with Gasteiger partial charge < -0.3 is 11.5 Å². The van der Waals surface area contributed by atoms with E-state index in [1.807, 2.05) is 0 Å². The number of hydrazone groups is 2. The molecule has 1 heterocycles. The highest BCUT2D eigenvalue weighted by atomic mass is 16.2. The molecule has 0 saturated heterocycles. The third-order valence-corrected chi connectivity index (χ3v) is 3.90. The van der Waals surface area contributed by atoms with Crippen LogP contribution in [0.4, 0.5) is 0 Å². The van der Waals surface area contributed by atoms with Crippen molar-refractivity contribution < 1.29 is 9.59 Å². The number of rotatable bonds is 6. The fourth-order valence-corrected chi connectivity index (χ4v) is 2.36. The van der Waals surface area contributed by atoms with Gasteiger partial charge in [0, 0.05) is 11.1 Å². The number of amides is 2. The van der Waals surface area contributed by atoms with E-state index in [9.17, 15) is 9.59 Å². The second-order valence-corrected chi connectivity index (χ2v) is 6.02. The SMILES string of the molecule is N/C(=N\NC(=O)c1ccccc1)c1cccc(/C(N)=N/NC(=O)c2ccccc2)n1. The average molecular weight is 401 g/mol. The van der Waals surface area contributed by atoms with Gasteiger partial charge in [0.05, 0.1) is 0 Å². The van der Waals surface area contributed by atoms with E-state index in [1.54, 1.807) is 78.9 Å². The fraction of sp³-hybridized carbons (Fsp3) is 0. The maximum Gasteiger partial charge on any atom is 0.271 e. The van der Waals surface area contributed by atoms with Gasteiger partial charge in [0.15, 0.2) is 11.7 Å². The summed E-state index contributed by atoms with van der Waals surface area (Å²) >= 11 is 0. The van der Waals surface area contributed by atoms with Crippen molar-refractivity contribution in [3.8, 4) is 0 Å². The zero-order valence-electron chi connectivity index (χ0n) is 15.8. The zero-order valence-corrected chi connectivity index (χ0v) is 15.8. The molecule has 9 heteroatoms. The summed E-state index contributed by atoms with van der Waals surface area (Å²) in [7, 11) is 0. The van der Waals surface area contributed by atoms with Crippen LogP contribution < -0.4 is 22.3 Å². The van der Waals surface area contributed by atoms with E-state index in [-0.39, 0.29) is 23.1 Å². The Labute approximate surface area is 172 Å². The first-order valence-corrected chi connectivity index (χ1v) is 8.89. The molecule has 0 fully saturated rings. The van der Waals surface area contributed by atoms with Gasteiger partial charge in [-0.1, -0.05) is 42.5 Å². The smallest absolute Gasteiger partial charge is 0.271 e. The largest absolute Gasteiger partial charge is 0.380 e. The summed E-state index contributed by atoms with van der Waals surface area (Å²) in [5.41, 5.74) is 18.0. The molecule has 0 unspecified atom stereocenters. The van der Waals surface area contributed by atoms with Crippen LogP contribution in [0.2, 0.25) is 0 Å². The minimum absolute atomic E-state index is 0.0118. The van der Waals surface area contributed by atoms with Crippen molar-refractivity contribution in [1.29, 1.82) is 0 Å². The van der Waals surface area contributed by atoms with Crippen LogP contribution in [0, 0.1) is 0 Å². The molecule has 2 amide bonds. The first-order valence-electron chi connectivity index (χ1n) is 8.89. The van der Waals surface area contributed by atoms with Crippen LogP contribution in [0.3, 0.4) is 0 Å². The number of hydrogen-bond acceptors (Lipinski definition) is 5. The standard InChI is InChI=1S/C21H19N7O2/c22-18(25-27-20(29)14-8-3-1-4-9-14)16-12-7-13-17(24-16)19(23)26-28-21(30)15-10-5-2-6-11-15/h1-13H,(H2,22,25)(H2,23,26)(H,27,29)(H,28,30). The number of amidine groups is 2. The van der Waals surface area contributed by atoms with Gasteiger partial charge in [-0.2, -0.15) is 10.2 Å². The van der Waals surface area contributed by atoms with Crippen LogP contribution in [0.25, 0.3) is 0 Å². The molecular weight excluding hydrogens is 382 g/mol. The molecule has 9 nitrogen and oxygen atoms in total. The van der Waals surface area contributed by atoms with Gasteiger partial charge in [0.2, 0.25) is 0 Å².